The standard InChI is InChI=1S/C26H24N4O4/c1-3-19-5-4-6-20(15-19)29-26-22-16-24(33-12-11-30-9-7-21(31)8-10-30)25(34-14-13-32-2)17-23(22)27-18-28-26/h1,4-10,15-18H,11-14H2,2H3,(H,27,28,29). The molecule has 172 valence electrons. The van der Waals surface area contributed by atoms with Crippen molar-refractivity contribution in [2.75, 3.05) is 32.2 Å². The molecule has 0 amide bonds. The molecule has 0 unspecified atom stereocenters. The summed E-state index contributed by atoms with van der Waals surface area (Å²) >= 11 is 0. The Labute approximate surface area is 197 Å². The molecule has 2 heterocycles. The number of nitrogens with zero attached hydrogens (tertiary/aromatic N) is 3. The summed E-state index contributed by atoms with van der Waals surface area (Å²) in [5.74, 6) is 4.36. The van der Waals surface area contributed by atoms with Gasteiger partial charge in [-0.25, -0.2) is 9.97 Å². The van der Waals surface area contributed by atoms with E-state index in [-0.39, 0.29) is 5.43 Å². The maximum atomic E-state index is 11.3. The number of hydrogen-bond donors (Lipinski definition) is 1. The highest BCUT2D eigenvalue weighted by Crippen LogP contribution is 2.35. The second-order valence-electron chi connectivity index (χ2n) is 7.35. The van der Waals surface area contributed by atoms with Gasteiger partial charge in [-0.3, -0.25) is 4.79 Å². The first-order valence-electron chi connectivity index (χ1n) is 10.7. The van der Waals surface area contributed by atoms with Crippen LogP contribution in [0.1, 0.15) is 5.56 Å². The highest BCUT2D eigenvalue weighted by molar-refractivity contribution is 5.93. The molecule has 34 heavy (non-hydrogen) atoms. The van der Waals surface area contributed by atoms with Crippen LogP contribution in [0.4, 0.5) is 11.5 Å². The number of ether oxygens (including phenoxy) is 3. The molecule has 0 saturated heterocycles. The molecule has 0 aliphatic rings. The van der Waals surface area contributed by atoms with Gasteiger partial charge >= 0.3 is 0 Å². The minimum absolute atomic E-state index is 0.0339. The molecule has 4 aromatic rings. The zero-order valence-electron chi connectivity index (χ0n) is 18.7. The van der Waals surface area contributed by atoms with E-state index in [4.69, 9.17) is 20.6 Å². The maximum Gasteiger partial charge on any atom is 0.181 e. The monoisotopic (exact) mass is 456 g/mol. The fraction of sp³-hybridized carbons (Fsp3) is 0.192. The van der Waals surface area contributed by atoms with E-state index in [2.05, 4.69) is 21.2 Å². The zero-order chi connectivity index (χ0) is 23.8. The molecule has 8 heteroatoms. The Balaban J connectivity index is 1.62. The second kappa shape index (κ2) is 11.0. The summed E-state index contributed by atoms with van der Waals surface area (Å²) < 4.78 is 18.9. The molecule has 8 nitrogen and oxygen atoms in total. The summed E-state index contributed by atoms with van der Waals surface area (Å²) in [5.41, 5.74) is 2.25. The normalized spacial score (nSPS) is 10.6. The fourth-order valence-corrected chi connectivity index (χ4v) is 3.30. The van der Waals surface area contributed by atoms with Crippen molar-refractivity contribution in [2.45, 2.75) is 6.54 Å². The number of methoxy groups -OCH3 is 1. The van der Waals surface area contributed by atoms with E-state index in [1.54, 1.807) is 19.5 Å². The van der Waals surface area contributed by atoms with Gasteiger partial charge in [0.2, 0.25) is 0 Å². The Bertz CT molecular complexity index is 1360. The van der Waals surface area contributed by atoms with Gasteiger partial charge in [0.1, 0.15) is 25.4 Å². The van der Waals surface area contributed by atoms with Crippen LogP contribution in [0.5, 0.6) is 11.5 Å². The molecule has 0 saturated carbocycles. The van der Waals surface area contributed by atoms with Gasteiger partial charge in [-0.15, -0.1) is 6.42 Å². The van der Waals surface area contributed by atoms with Crippen molar-refractivity contribution in [3.8, 4) is 23.8 Å². The van der Waals surface area contributed by atoms with E-state index < -0.39 is 0 Å². The van der Waals surface area contributed by atoms with Crippen molar-refractivity contribution in [3.05, 3.63) is 83.0 Å². The van der Waals surface area contributed by atoms with Crippen LogP contribution < -0.4 is 20.2 Å². The number of nitrogens with one attached hydrogen (secondary N) is 1. The number of pyridine rings is 1. The Kier molecular flexibility index (Phi) is 7.38. The molecular formula is C26H24N4O4. The third kappa shape index (κ3) is 5.71. The second-order valence-corrected chi connectivity index (χ2v) is 7.35. The minimum Gasteiger partial charge on any atom is -0.488 e. The largest absolute Gasteiger partial charge is 0.488 e. The number of aromatic nitrogens is 3. The van der Waals surface area contributed by atoms with Crippen molar-refractivity contribution >= 4 is 22.4 Å². The lowest BCUT2D eigenvalue weighted by Crippen LogP contribution is -2.11. The first-order chi connectivity index (χ1) is 16.7. The summed E-state index contributed by atoms with van der Waals surface area (Å²) in [6.45, 7) is 1.74. The maximum absolute atomic E-state index is 11.3. The lowest BCUT2D eigenvalue weighted by atomic mass is 10.2. The molecule has 0 atom stereocenters. The number of terminal acetylenes is 1. The average Bonchev–Trinajstić information content (AvgIpc) is 2.86. The lowest BCUT2D eigenvalue weighted by molar-refractivity contribution is 0.143. The summed E-state index contributed by atoms with van der Waals surface area (Å²) in [6, 6.07) is 14.2. The topological polar surface area (TPSA) is 87.5 Å². The molecule has 4 rings (SSSR count). The van der Waals surface area contributed by atoms with Crippen LogP contribution in [0.25, 0.3) is 10.9 Å². The zero-order valence-corrected chi connectivity index (χ0v) is 18.7. The molecule has 2 aromatic carbocycles. The quantitative estimate of drug-likeness (QED) is 0.288. The first kappa shape index (κ1) is 22.8. The summed E-state index contributed by atoms with van der Waals surface area (Å²) in [6.07, 6.45) is 10.5. The Morgan fingerprint density at radius 1 is 1.00 bits per heavy atom. The van der Waals surface area contributed by atoms with Gasteiger partial charge in [0.15, 0.2) is 16.9 Å². The van der Waals surface area contributed by atoms with E-state index in [0.717, 1.165) is 16.6 Å². The molecule has 0 aliphatic carbocycles. The lowest BCUT2D eigenvalue weighted by Gasteiger charge is -2.16. The highest BCUT2D eigenvalue weighted by Gasteiger charge is 2.13. The molecule has 0 aliphatic heterocycles. The molecule has 0 radical (unpaired) electrons. The van der Waals surface area contributed by atoms with E-state index in [9.17, 15) is 4.79 Å². The van der Waals surface area contributed by atoms with Crippen molar-refractivity contribution in [3.63, 3.8) is 0 Å². The molecule has 0 bridgehead atoms. The van der Waals surface area contributed by atoms with Crippen LogP contribution >= 0.6 is 0 Å². The van der Waals surface area contributed by atoms with Gasteiger partial charge in [0.25, 0.3) is 0 Å². The van der Waals surface area contributed by atoms with Gasteiger partial charge in [-0.05, 0) is 24.3 Å². The molecule has 0 spiro atoms. The minimum atomic E-state index is -0.0339. The summed E-state index contributed by atoms with van der Waals surface area (Å²) in [7, 11) is 1.62. The predicted molar refractivity (Wildman–Crippen MR) is 131 cm³/mol. The molecule has 2 aromatic heterocycles. The molecular weight excluding hydrogens is 432 g/mol. The van der Waals surface area contributed by atoms with Crippen LogP contribution in [-0.2, 0) is 11.3 Å². The highest BCUT2D eigenvalue weighted by atomic mass is 16.5. The average molecular weight is 457 g/mol. The molecule has 1 N–H and O–H groups in total. The van der Waals surface area contributed by atoms with Crippen LogP contribution in [0.2, 0.25) is 0 Å². The third-order valence-corrected chi connectivity index (χ3v) is 5.01. The number of benzene rings is 2. The van der Waals surface area contributed by atoms with Crippen molar-refractivity contribution in [2.24, 2.45) is 0 Å². The Morgan fingerprint density at radius 2 is 1.79 bits per heavy atom. The fourth-order valence-electron chi connectivity index (χ4n) is 3.30. The van der Waals surface area contributed by atoms with Crippen LogP contribution in [-0.4, -0.2) is 41.5 Å². The number of anilines is 2. The van der Waals surface area contributed by atoms with E-state index in [0.29, 0.717) is 49.2 Å². The van der Waals surface area contributed by atoms with Gasteiger partial charge in [-0.1, -0.05) is 12.0 Å². The predicted octanol–water partition coefficient (Wildman–Crippen LogP) is 3.62. The van der Waals surface area contributed by atoms with Crippen LogP contribution in [0.3, 0.4) is 0 Å². The molecule has 0 fully saturated rings. The van der Waals surface area contributed by atoms with Crippen molar-refractivity contribution in [1.82, 2.24) is 14.5 Å². The van der Waals surface area contributed by atoms with Gasteiger partial charge in [-0.2, -0.15) is 0 Å². The van der Waals surface area contributed by atoms with Crippen molar-refractivity contribution in [1.29, 1.82) is 0 Å². The number of hydrogen-bond acceptors (Lipinski definition) is 7. The number of fused-ring (bicyclic) bond motifs is 1. The van der Waals surface area contributed by atoms with Gasteiger partial charge in [0, 0.05) is 54.3 Å². The van der Waals surface area contributed by atoms with E-state index in [1.807, 2.05) is 41.0 Å². The summed E-state index contributed by atoms with van der Waals surface area (Å²) in [4.78, 5) is 20.1. The SMILES string of the molecule is C#Cc1cccc(Nc2ncnc3cc(OCCOC)c(OCCn4ccc(=O)cc4)cc23)c1. The van der Waals surface area contributed by atoms with E-state index in [1.165, 1.54) is 18.5 Å². The Hall–Kier alpha value is -4.35. The summed E-state index contributed by atoms with van der Waals surface area (Å²) in [5, 5.41) is 4.08. The number of rotatable bonds is 10. The van der Waals surface area contributed by atoms with Crippen molar-refractivity contribution < 1.29 is 14.2 Å². The van der Waals surface area contributed by atoms with Gasteiger partial charge in [0.05, 0.1) is 18.7 Å². The van der Waals surface area contributed by atoms with Crippen LogP contribution in [0.15, 0.2) is 72.0 Å². The first-order valence-corrected chi connectivity index (χ1v) is 10.7. The van der Waals surface area contributed by atoms with E-state index >= 15 is 0 Å². The smallest absolute Gasteiger partial charge is 0.181 e. The Morgan fingerprint density at radius 3 is 2.59 bits per heavy atom. The third-order valence-electron chi connectivity index (χ3n) is 5.01. The van der Waals surface area contributed by atoms with Gasteiger partial charge < -0.3 is 24.1 Å². The van der Waals surface area contributed by atoms with Crippen LogP contribution in [0, 0.1) is 12.3 Å².